The molecular formula is C18H19F3N2S. The Balaban J connectivity index is 2.10. The van der Waals surface area contributed by atoms with Crippen LogP contribution in [-0.2, 0) is 13.0 Å². The number of rotatable bonds is 5. The molecule has 0 aliphatic heterocycles. The first-order valence-corrected chi connectivity index (χ1v) is 8.04. The second-order valence-electron chi connectivity index (χ2n) is 5.44. The van der Waals surface area contributed by atoms with Crippen molar-refractivity contribution in [2.24, 2.45) is 0 Å². The van der Waals surface area contributed by atoms with Crippen LogP contribution in [0.25, 0.3) is 0 Å². The maximum Gasteiger partial charge on any atom is 0.406 e. The number of halogens is 3. The SMILES string of the molecule is CCc1ccc(NC(=S)N(Cc2ccccc2)CC(F)(F)F)cc1. The lowest BCUT2D eigenvalue weighted by Crippen LogP contribution is -2.40. The fourth-order valence-electron chi connectivity index (χ4n) is 2.25. The Kier molecular flexibility index (Phi) is 6.20. The molecule has 0 saturated heterocycles. The summed E-state index contributed by atoms with van der Waals surface area (Å²) in [6, 6.07) is 16.5. The lowest BCUT2D eigenvalue weighted by atomic mass is 10.1. The van der Waals surface area contributed by atoms with Gasteiger partial charge in [0, 0.05) is 12.2 Å². The van der Waals surface area contributed by atoms with Crippen LogP contribution in [0.1, 0.15) is 18.1 Å². The Bertz CT molecular complexity index is 654. The van der Waals surface area contributed by atoms with Gasteiger partial charge in [0.25, 0.3) is 0 Å². The third-order valence-corrected chi connectivity index (χ3v) is 3.85. The number of nitrogens with zero attached hydrogens (tertiary/aromatic N) is 1. The monoisotopic (exact) mass is 352 g/mol. The molecule has 0 aliphatic rings. The number of aryl methyl sites for hydroxylation is 1. The smallest absolute Gasteiger partial charge is 0.336 e. The van der Waals surface area contributed by atoms with Crippen LogP contribution in [0.2, 0.25) is 0 Å². The molecule has 2 rings (SSSR count). The number of alkyl halides is 3. The molecule has 2 aromatic carbocycles. The molecule has 0 bridgehead atoms. The lowest BCUT2D eigenvalue weighted by Gasteiger charge is -2.27. The molecule has 0 radical (unpaired) electrons. The van der Waals surface area contributed by atoms with E-state index in [9.17, 15) is 13.2 Å². The van der Waals surface area contributed by atoms with Crippen molar-refractivity contribution in [2.75, 3.05) is 11.9 Å². The number of hydrogen-bond donors (Lipinski definition) is 1. The van der Waals surface area contributed by atoms with Gasteiger partial charge in [-0.2, -0.15) is 13.2 Å². The quantitative estimate of drug-likeness (QED) is 0.762. The topological polar surface area (TPSA) is 15.3 Å². The van der Waals surface area contributed by atoms with Crippen molar-refractivity contribution >= 4 is 23.0 Å². The van der Waals surface area contributed by atoms with Gasteiger partial charge in [0.2, 0.25) is 0 Å². The highest BCUT2D eigenvalue weighted by Gasteiger charge is 2.32. The molecule has 0 saturated carbocycles. The van der Waals surface area contributed by atoms with Gasteiger partial charge in [-0.25, -0.2) is 0 Å². The van der Waals surface area contributed by atoms with E-state index in [-0.39, 0.29) is 11.7 Å². The van der Waals surface area contributed by atoms with Gasteiger partial charge < -0.3 is 10.2 Å². The summed E-state index contributed by atoms with van der Waals surface area (Å²) in [5, 5.41) is 2.95. The molecule has 24 heavy (non-hydrogen) atoms. The molecule has 1 N–H and O–H groups in total. The zero-order valence-corrected chi connectivity index (χ0v) is 14.1. The lowest BCUT2D eigenvalue weighted by molar-refractivity contribution is -0.138. The summed E-state index contributed by atoms with van der Waals surface area (Å²) in [6.07, 6.45) is -3.43. The maximum absolute atomic E-state index is 12.9. The third-order valence-electron chi connectivity index (χ3n) is 3.49. The van der Waals surface area contributed by atoms with Gasteiger partial charge in [0.15, 0.2) is 5.11 Å². The molecular weight excluding hydrogens is 333 g/mol. The van der Waals surface area contributed by atoms with Gasteiger partial charge in [0.1, 0.15) is 6.54 Å². The summed E-state index contributed by atoms with van der Waals surface area (Å²) in [6.45, 7) is 1.04. The van der Waals surface area contributed by atoms with Crippen LogP contribution in [0.5, 0.6) is 0 Å². The molecule has 2 nitrogen and oxygen atoms in total. The van der Waals surface area contributed by atoms with E-state index in [4.69, 9.17) is 12.2 Å². The van der Waals surface area contributed by atoms with Gasteiger partial charge in [0.05, 0.1) is 0 Å². The summed E-state index contributed by atoms with van der Waals surface area (Å²) in [5.74, 6) is 0. The van der Waals surface area contributed by atoms with Crippen molar-refractivity contribution in [3.05, 3.63) is 65.7 Å². The Hall–Kier alpha value is -2.08. The van der Waals surface area contributed by atoms with E-state index in [1.54, 1.807) is 24.3 Å². The Morgan fingerprint density at radius 2 is 1.62 bits per heavy atom. The number of anilines is 1. The number of hydrogen-bond acceptors (Lipinski definition) is 1. The molecule has 0 spiro atoms. The summed E-state index contributed by atoms with van der Waals surface area (Å²) >= 11 is 5.20. The largest absolute Gasteiger partial charge is 0.406 e. The summed E-state index contributed by atoms with van der Waals surface area (Å²) in [7, 11) is 0. The second-order valence-corrected chi connectivity index (χ2v) is 5.82. The molecule has 0 heterocycles. The average molecular weight is 352 g/mol. The predicted molar refractivity (Wildman–Crippen MR) is 94.9 cm³/mol. The molecule has 0 unspecified atom stereocenters. The Morgan fingerprint density at radius 3 is 2.17 bits per heavy atom. The molecule has 0 aliphatic carbocycles. The van der Waals surface area contributed by atoms with E-state index in [0.29, 0.717) is 5.69 Å². The van der Waals surface area contributed by atoms with Gasteiger partial charge in [-0.3, -0.25) is 0 Å². The van der Waals surface area contributed by atoms with Gasteiger partial charge in [-0.05, 0) is 41.9 Å². The van der Waals surface area contributed by atoms with E-state index in [1.807, 2.05) is 37.3 Å². The first-order chi connectivity index (χ1) is 11.4. The predicted octanol–water partition coefficient (Wildman–Crippen LogP) is 5.01. The molecule has 6 heteroatoms. The van der Waals surface area contributed by atoms with E-state index < -0.39 is 12.7 Å². The normalized spacial score (nSPS) is 11.2. The van der Waals surface area contributed by atoms with E-state index >= 15 is 0 Å². The van der Waals surface area contributed by atoms with Crippen molar-refractivity contribution in [3.63, 3.8) is 0 Å². The van der Waals surface area contributed by atoms with Crippen molar-refractivity contribution in [1.82, 2.24) is 4.90 Å². The standard InChI is InChI=1S/C18H19F3N2S/c1-2-14-8-10-16(11-9-14)22-17(24)23(13-18(19,20)21)12-15-6-4-3-5-7-15/h3-11H,2,12-13H2,1H3,(H,22,24). The zero-order valence-electron chi connectivity index (χ0n) is 13.3. The van der Waals surface area contributed by atoms with Crippen molar-refractivity contribution < 1.29 is 13.2 Å². The minimum atomic E-state index is -4.33. The minimum absolute atomic E-state index is 0.0560. The summed E-state index contributed by atoms with van der Waals surface area (Å²) in [4.78, 5) is 1.12. The van der Waals surface area contributed by atoms with Gasteiger partial charge >= 0.3 is 6.18 Å². The van der Waals surface area contributed by atoms with Crippen molar-refractivity contribution in [2.45, 2.75) is 26.1 Å². The van der Waals surface area contributed by atoms with Crippen LogP contribution < -0.4 is 5.32 Å². The van der Waals surface area contributed by atoms with Crippen LogP contribution in [0, 0.1) is 0 Å². The van der Waals surface area contributed by atoms with Crippen LogP contribution in [0.3, 0.4) is 0 Å². The Morgan fingerprint density at radius 1 is 1.00 bits per heavy atom. The highest BCUT2D eigenvalue weighted by Crippen LogP contribution is 2.20. The van der Waals surface area contributed by atoms with E-state index in [1.165, 1.54) is 0 Å². The molecule has 0 atom stereocenters. The maximum atomic E-state index is 12.9. The zero-order chi connectivity index (χ0) is 17.6. The number of thiocarbonyl (C=S) groups is 1. The first-order valence-electron chi connectivity index (χ1n) is 7.63. The van der Waals surface area contributed by atoms with Crippen molar-refractivity contribution in [1.29, 1.82) is 0 Å². The molecule has 0 amide bonds. The van der Waals surface area contributed by atoms with Crippen LogP contribution in [0.15, 0.2) is 54.6 Å². The van der Waals surface area contributed by atoms with E-state index in [0.717, 1.165) is 22.4 Å². The van der Waals surface area contributed by atoms with Crippen LogP contribution >= 0.6 is 12.2 Å². The average Bonchev–Trinajstić information content (AvgIpc) is 2.54. The van der Waals surface area contributed by atoms with Gasteiger partial charge in [-0.15, -0.1) is 0 Å². The fraction of sp³-hybridized carbons (Fsp3) is 0.278. The minimum Gasteiger partial charge on any atom is -0.336 e. The first kappa shape index (κ1) is 18.3. The molecule has 0 fully saturated rings. The fourth-order valence-corrected chi connectivity index (χ4v) is 2.49. The van der Waals surface area contributed by atoms with Crippen LogP contribution in [0.4, 0.5) is 18.9 Å². The van der Waals surface area contributed by atoms with Crippen molar-refractivity contribution in [3.8, 4) is 0 Å². The molecule has 2 aromatic rings. The summed E-state index contributed by atoms with van der Waals surface area (Å²) in [5.41, 5.74) is 2.60. The van der Waals surface area contributed by atoms with E-state index in [2.05, 4.69) is 5.32 Å². The highest BCUT2D eigenvalue weighted by atomic mass is 32.1. The second kappa shape index (κ2) is 8.15. The number of benzene rings is 2. The third kappa shape index (κ3) is 5.85. The number of nitrogens with one attached hydrogen (secondary N) is 1. The molecule has 128 valence electrons. The van der Waals surface area contributed by atoms with Crippen LogP contribution in [-0.4, -0.2) is 22.7 Å². The summed E-state index contributed by atoms with van der Waals surface area (Å²) < 4.78 is 38.6. The molecule has 0 aromatic heterocycles. The Labute approximate surface area is 145 Å². The highest BCUT2D eigenvalue weighted by molar-refractivity contribution is 7.80. The van der Waals surface area contributed by atoms with Gasteiger partial charge in [-0.1, -0.05) is 49.4 Å².